The van der Waals surface area contributed by atoms with E-state index in [1.54, 1.807) is 7.11 Å². The Morgan fingerprint density at radius 3 is 2.63 bits per heavy atom. The molecule has 0 saturated heterocycles. The van der Waals surface area contributed by atoms with Gasteiger partial charge >= 0.3 is 0 Å². The summed E-state index contributed by atoms with van der Waals surface area (Å²) in [6.07, 6.45) is 4.87. The zero-order chi connectivity index (χ0) is 13.8. The van der Waals surface area contributed by atoms with E-state index in [-0.39, 0.29) is 0 Å². The third-order valence-electron chi connectivity index (χ3n) is 2.62. The molecule has 0 fully saturated rings. The van der Waals surface area contributed by atoms with Crippen LogP contribution in [0.15, 0.2) is 12.5 Å². The lowest BCUT2D eigenvalue weighted by molar-refractivity contribution is 0.0230. The summed E-state index contributed by atoms with van der Waals surface area (Å²) < 4.78 is 17.7. The smallest absolute Gasteiger partial charge is 0.0950 e. The Balaban J connectivity index is 1.98. The van der Waals surface area contributed by atoms with E-state index >= 15 is 0 Å². The fraction of sp³-hybridized carbons (Fsp3) is 0.769. The molecule has 1 N–H and O–H groups in total. The molecule has 0 aliphatic heterocycles. The molecule has 0 aliphatic rings. The van der Waals surface area contributed by atoms with E-state index in [0.29, 0.717) is 33.0 Å². The number of aromatic nitrogens is 2. The van der Waals surface area contributed by atoms with Gasteiger partial charge in [0.15, 0.2) is 0 Å². The van der Waals surface area contributed by atoms with Crippen molar-refractivity contribution in [1.29, 1.82) is 0 Å². The van der Waals surface area contributed by atoms with Crippen LogP contribution in [0.4, 0.5) is 0 Å². The molecule has 0 radical (unpaired) electrons. The number of nitrogens with zero attached hydrogens (tertiary/aromatic N) is 2. The number of ether oxygens (including phenoxy) is 3. The van der Waals surface area contributed by atoms with Gasteiger partial charge in [-0.3, -0.25) is 0 Å². The van der Waals surface area contributed by atoms with Crippen LogP contribution >= 0.6 is 0 Å². The first-order chi connectivity index (χ1) is 9.36. The van der Waals surface area contributed by atoms with Crippen LogP contribution in [0.3, 0.4) is 0 Å². The molecule has 6 nitrogen and oxygen atoms in total. The number of methoxy groups -OCH3 is 1. The van der Waals surface area contributed by atoms with Gasteiger partial charge in [0.1, 0.15) is 0 Å². The number of rotatable bonds is 12. The van der Waals surface area contributed by atoms with Gasteiger partial charge in [-0.25, -0.2) is 4.98 Å². The maximum Gasteiger partial charge on any atom is 0.0950 e. The largest absolute Gasteiger partial charge is 0.382 e. The molecule has 0 saturated carbocycles. The third-order valence-corrected chi connectivity index (χ3v) is 2.62. The van der Waals surface area contributed by atoms with Crippen molar-refractivity contribution in [2.24, 2.45) is 0 Å². The molecule has 0 atom stereocenters. The van der Waals surface area contributed by atoms with Crippen LogP contribution in [0.2, 0.25) is 0 Å². The maximum absolute atomic E-state index is 5.48. The van der Waals surface area contributed by atoms with Gasteiger partial charge in [0.25, 0.3) is 0 Å². The summed E-state index contributed by atoms with van der Waals surface area (Å²) in [5.41, 5.74) is 1.11. The predicted molar refractivity (Wildman–Crippen MR) is 73.4 cm³/mol. The van der Waals surface area contributed by atoms with Gasteiger partial charge in [0.05, 0.1) is 45.1 Å². The molecule has 1 aromatic rings. The third kappa shape index (κ3) is 7.94. The fourth-order valence-corrected chi connectivity index (χ4v) is 1.55. The highest BCUT2D eigenvalue weighted by molar-refractivity contribution is 4.97. The molecule has 0 bridgehead atoms. The normalized spacial score (nSPS) is 11.1. The first kappa shape index (κ1) is 16.1. The molecule has 6 heteroatoms. The second kappa shape index (κ2) is 10.9. The Labute approximate surface area is 115 Å². The van der Waals surface area contributed by atoms with E-state index in [4.69, 9.17) is 14.2 Å². The van der Waals surface area contributed by atoms with Crippen LogP contribution in [0, 0.1) is 0 Å². The van der Waals surface area contributed by atoms with E-state index < -0.39 is 0 Å². The summed E-state index contributed by atoms with van der Waals surface area (Å²) >= 11 is 0. The first-order valence-corrected chi connectivity index (χ1v) is 6.66. The molecule has 110 valence electrons. The Bertz CT molecular complexity index is 318. The molecule has 1 rings (SSSR count). The molecule has 0 amide bonds. The van der Waals surface area contributed by atoms with E-state index in [1.165, 1.54) is 0 Å². The number of hydrogen-bond acceptors (Lipinski definition) is 5. The monoisotopic (exact) mass is 271 g/mol. The maximum atomic E-state index is 5.48. The van der Waals surface area contributed by atoms with Crippen LogP contribution in [-0.4, -0.2) is 63.3 Å². The van der Waals surface area contributed by atoms with Crippen molar-refractivity contribution in [3.63, 3.8) is 0 Å². The number of hydrogen-bond donors (Lipinski definition) is 1. The number of nitrogens with one attached hydrogen (secondary N) is 1. The Morgan fingerprint density at radius 2 is 1.89 bits per heavy atom. The van der Waals surface area contributed by atoms with Gasteiger partial charge < -0.3 is 24.1 Å². The molecule has 0 aromatic carbocycles. The van der Waals surface area contributed by atoms with E-state index in [1.807, 2.05) is 13.4 Å². The fourth-order valence-electron chi connectivity index (χ4n) is 1.55. The summed E-state index contributed by atoms with van der Waals surface area (Å²) in [4.78, 5) is 4.33. The second-order valence-electron chi connectivity index (χ2n) is 4.17. The van der Waals surface area contributed by atoms with Crippen molar-refractivity contribution >= 4 is 0 Å². The Morgan fingerprint density at radius 1 is 1.16 bits per heavy atom. The highest BCUT2D eigenvalue weighted by Gasteiger charge is 1.98. The van der Waals surface area contributed by atoms with Gasteiger partial charge in [0, 0.05) is 32.8 Å². The van der Waals surface area contributed by atoms with Crippen LogP contribution in [-0.2, 0) is 27.2 Å². The lowest BCUT2D eigenvalue weighted by atomic mass is 10.3. The molecular weight excluding hydrogens is 246 g/mol. The van der Waals surface area contributed by atoms with E-state index in [9.17, 15) is 0 Å². The van der Waals surface area contributed by atoms with Crippen molar-refractivity contribution in [3.8, 4) is 0 Å². The van der Waals surface area contributed by atoms with Gasteiger partial charge in [-0.2, -0.15) is 0 Å². The standard InChI is InChI=1S/C13H25N3O3/c1-14-4-3-13-11-16(12-15-13)5-6-18-9-10-19-8-7-17-2/h11-12,14H,3-10H2,1-2H3. The molecule has 1 heterocycles. The summed E-state index contributed by atoms with van der Waals surface area (Å²) in [7, 11) is 3.61. The molecule has 19 heavy (non-hydrogen) atoms. The average Bonchev–Trinajstić information content (AvgIpc) is 2.87. The lowest BCUT2D eigenvalue weighted by Crippen LogP contribution is -2.11. The zero-order valence-electron chi connectivity index (χ0n) is 11.9. The van der Waals surface area contributed by atoms with Crippen molar-refractivity contribution in [2.45, 2.75) is 13.0 Å². The minimum absolute atomic E-state index is 0.612. The molecule has 1 aromatic heterocycles. The highest BCUT2D eigenvalue weighted by Crippen LogP contribution is 1.97. The minimum atomic E-state index is 0.612. The predicted octanol–water partition coefficient (Wildman–Crippen LogP) is 0.325. The number of likely N-dealkylation sites (N-methyl/N-ethyl adjacent to an activating group) is 1. The Hall–Kier alpha value is -0.950. The summed E-state index contributed by atoms with van der Waals surface area (Å²) in [5.74, 6) is 0. The lowest BCUT2D eigenvalue weighted by Gasteiger charge is -2.05. The first-order valence-electron chi connectivity index (χ1n) is 6.66. The second-order valence-corrected chi connectivity index (χ2v) is 4.17. The van der Waals surface area contributed by atoms with Crippen molar-refractivity contribution in [2.75, 3.05) is 53.7 Å². The Kier molecular flexibility index (Phi) is 9.26. The molecule has 0 unspecified atom stereocenters. The number of imidazole rings is 1. The van der Waals surface area contributed by atoms with Crippen LogP contribution in [0.5, 0.6) is 0 Å². The zero-order valence-corrected chi connectivity index (χ0v) is 11.9. The van der Waals surface area contributed by atoms with Gasteiger partial charge in [-0.05, 0) is 7.05 Å². The summed E-state index contributed by atoms with van der Waals surface area (Å²) in [5, 5.41) is 3.11. The topological polar surface area (TPSA) is 57.5 Å². The van der Waals surface area contributed by atoms with Crippen molar-refractivity contribution in [3.05, 3.63) is 18.2 Å². The SMILES string of the molecule is CNCCc1cn(CCOCCOCCOC)cn1. The quantitative estimate of drug-likeness (QED) is 0.555. The summed E-state index contributed by atoms with van der Waals surface area (Å²) in [6.45, 7) is 4.93. The molecule has 0 aliphatic carbocycles. The molecular formula is C13H25N3O3. The van der Waals surface area contributed by atoms with Crippen LogP contribution in [0.1, 0.15) is 5.69 Å². The summed E-state index contributed by atoms with van der Waals surface area (Å²) in [6, 6.07) is 0. The van der Waals surface area contributed by atoms with E-state index in [2.05, 4.69) is 21.1 Å². The highest BCUT2D eigenvalue weighted by atomic mass is 16.5. The van der Waals surface area contributed by atoms with Crippen molar-refractivity contribution < 1.29 is 14.2 Å². The van der Waals surface area contributed by atoms with E-state index in [0.717, 1.165) is 25.2 Å². The van der Waals surface area contributed by atoms with Gasteiger partial charge in [-0.15, -0.1) is 0 Å². The van der Waals surface area contributed by atoms with Crippen LogP contribution < -0.4 is 5.32 Å². The average molecular weight is 271 g/mol. The van der Waals surface area contributed by atoms with Crippen LogP contribution in [0.25, 0.3) is 0 Å². The van der Waals surface area contributed by atoms with Gasteiger partial charge in [-0.1, -0.05) is 0 Å². The van der Waals surface area contributed by atoms with Crippen molar-refractivity contribution in [1.82, 2.24) is 14.9 Å². The molecule has 0 spiro atoms. The minimum Gasteiger partial charge on any atom is -0.382 e. The van der Waals surface area contributed by atoms with Gasteiger partial charge in [0.2, 0.25) is 0 Å².